The molecule has 0 amide bonds. The number of carboxylic acid groups (broad SMARTS) is 1. The van der Waals surface area contributed by atoms with Crippen molar-refractivity contribution in [2.24, 2.45) is 7.05 Å². The number of carboxylic acids is 1. The van der Waals surface area contributed by atoms with Gasteiger partial charge in [0.2, 0.25) is 0 Å². The molecule has 0 unspecified atom stereocenters. The molecular weight excluding hydrogens is 298 g/mol. The number of ether oxygens (including phenoxy) is 1. The van der Waals surface area contributed by atoms with Gasteiger partial charge < -0.3 is 19.5 Å². The number of carbonyl (C=O) groups is 1. The predicted octanol–water partition coefficient (Wildman–Crippen LogP) is 0.742. The minimum atomic E-state index is -0.972. The number of rotatable bonds is 5. The number of aryl methyl sites for hydroxylation is 1. The first-order valence-corrected chi connectivity index (χ1v) is 7.38. The van der Waals surface area contributed by atoms with Crippen LogP contribution in [0.15, 0.2) is 36.8 Å². The van der Waals surface area contributed by atoms with Gasteiger partial charge in [-0.1, -0.05) is 0 Å². The third kappa shape index (κ3) is 3.52. The zero-order chi connectivity index (χ0) is 16.4. The Morgan fingerprint density at radius 3 is 2.70 bits per heavy atom. The van der Waals surface area contributed by atoms with Gasteiger partial charge in [-0.15, -0.1) is 0 Å². The highest BCUT2D eigenvalue weighted by Crippen LogP contribution is 2.21. The Kier molecular flexibility index (Phi) is 4.31. The molecule has 0 radical (unpaired) electrons. The number of nitrogens with zero attached hydrogens (tertiary/aromatic N) is 3. The van der Waals surface area contributed by atoms with Crippen LogP contribution >= 0.6 is 0 Å². The third-order valence-electron chi connectivity index (χ3n) is 4.00. The van der Waals surface area contributed by atoms with Crippen LogP contribution in [0.4, 0.5) is 0 Å². The fourth-order valence-corrected chi connectivity index (χ4v) is 2.69. The Labute approximate surface area is 133 Å². The number of aliphatic hydroxyl groups is 1. The molecule has 0 bridgehead atoms. The molecule has 0 saturated carbocycles. The fourth-order valence-electron chi connectivity index (χ4n) is 2.69. The van der Waals surface area contributed by atoms with Crippen LogP contribution in [0.1, 0.15) is 16.1 Å². The van der Waals surface area contributed by atoms with Crippen LogP contribution in [0, 0.1) is 0 Å². The number of hydrogen-bond acceptors (Lipinski definition) is 5. The quantitative estimate of drug-likeness (QED) is 0.846. The van der Waals surface area contributed by atoms with Gasteiger partial charge in [-0.3, -0.25) is 4.90 Å². The minimum absolute atomic E-state index is 0.210. The van der Waals surface area contributed by atoms with E-state index in [1.807, 2.05) is 17.8 Å². The molecule has 1 saturated heterocycles. The summed E-state index contributed by atoms with van der Waals surface area (Å²) in [6.07, 6.45) is 2.65. The van der Waals surface area contributed by atoms with Gasteiger partial charge in [0.15, 0.2) is 0 Å². The van der Waals surface area contributed by atoms with Gasteiger partial charge in [-0.25, -0.2) is 9.78 Å². The summed E-state index contributed by atoms with van der Waals surface area (Å²) in [4.78, 5) is 17.0. The van der Waals surface area contributed by atoms with E-state index in [-0.39, 0.29) is 11.7 Å². The van der Waals surface area contributed by atoms with Crippen molar-refractivity contribution in [1.82, 2.24) is 14.5 Å². The summed E-state index contributed by atoms with van der Waals surface area (Å²) in [5, 5.41) is 19.1. The molecule has 1 aliphatic heterocycles. The molecular formula is C16H19N3O4. The molecule has 1 aromatic heterocycles. The first-order valence-electron chi connectivity index (χ1n) is 7.38. The molecule has 1 aliphatic rings. The van der Waals surface area contributed by atoms with Crippen molar-refractivity contribution in [2.75, 3.05) is 13.1 Å². The SMILES string of the molecule is Cn1cncc1CN1C[C@@H](O)[C@H](Oc2ccc(C(=O)O)cc2)C1. The number of aromatic nitrogens is 2. The van der Waals surface area contributed by atoms with E-state index >= 15 is 0 Å². The zero-order valence-electron chi connectivity index (χ0n) is 12.8. The molecule has 122 valence electrons. The van der Waals surface area contributed by atoms with Crippen LogP contribution < -0.4 is 4.74 Å². The van der Waals surface area contributed by atoms with Crippen LogP contribution in [0.25, 0.3) is 0 Å². The van der Waals surface area contributed by atoms with E-state index < -0.39 is 12.1 Å². The summed E-state index contributed by atoms with van der Waals surface area (Å²) >= 11 is 0. The van der Waals surface area contributed by atoms with Gasteiger partial charge >= 0.3 is 5.97 Å². The second-order valence-corrected chi connectivity index (χ2v) is 5.74. The average molecular weight is 317 g/mol. The van der Waals surface area contributed by atoms with E-state index in [1.54, 1.807) is 18.5 Å². The number of likely N-dealkylation sites (tertiary alicyclic amines) is 1. The largest absolute Gasteiger partial charge is 0.486 e. The Balaban J connectivity index is 1.60. The maximum absolute atomic E-state index is 10.8. The highest BCUT2D eigenvalue weighted by atomic mass is 16.5. The second-order valence-electron chi connectivity index (χ2n) is 5.74. The van der Waals surface area contributed by atoms with Crippen LogP contribution in [0.3, 0.4) is 0 Å². The lowest BCUT2D eigenvalue weighted by molar-refractivity contribution is 0.0693. The molecule has 2 heterocycles. The van der Waals surface area contributed by atoms with Gasteiger partial charge in [0.25, 0.3) is 0 Å². The first-order chi connectivity index (χ1) is 11.0. The zero-order valence-corrected chi connectivity index (χ0v) is 12.8. The summed E-state index contributed by atoms with van der Waals surface area (Å²) < 4.78 is 7.74. The van der Waals surface area contributed by atoms with E-state index in [1.165, 1.54) is 12.1 Å². The minimum Gasteiger partial charge on any atom is -0.486 e. The lowest BCUT2D eigenvalue weighted by Gasteiger charge is -2.17. The summed E-state index contributed by atoms with van der Waals surface area (Å²) in [5.41, 5.74) is 1.28. The molecule has 1 fully saturated rings. The molecule has 3 rings (SSSR count). The van der Waals surface area contributed by atoms with Gasteiger partial charge in [-0.05, 0) is 24.3 Å². The predicted molar refractivity (Wildman–Crippen MR) is 82.3 cm³/mol. The van der Waals surface area contributed by atoms with E-state index in [2.05, 4.69) is 9.88 Å². The van der Waals surface area contributed by atoms with Crippen LogP contribution in [-0.2, 0) is 13.6 Å². The standard InChI is InChI=1S/C16H19N3O4/c1-18-10-17-6-12(18)7-19-8-14(20)15(9-19)23-13-4-2-11(3-5-13)16(21)22/h2-6,10,14-15,20H,7-9H2,1H3,(H,21,22)/t14-,15-/m1/s1. The normalized spacial score (nSPS) is 21.5. The Morgan fingerprint density at radius 1 is 1.35 bits per heavy atom. The fraction of sp³-hybridized carbons (Fsp3) is 0.375. The van der Waals surface area contributed by atoms with Gasteiger partial charge in [0.1, 0.15) is 18.0 Å². The number of β-amino-alcohol motifs (C(OH)–C–C–N with tert-alkyl or cyclic N) is 1. The lowest BCUT2D eigenvalue weighted by Crippen LogP contribution is -2.30. The average Bonchev–Trinajstić information content (AvgIpc) is 3.07. The molecule has 2 atom stereocenters. The van der Waals surface area contributed by atoms with Crippen molar-refractivity contribution in [2.45, 2.75) is 18.8 Å². The Morgan fingerprint density at radius 2 is 2.09 bits per heavy atom. The molecule has 23 heavy (non-hydrogen) atoms. The van der Waals surface area contributed by atoms with Crippen LogP contribution in [-0.4, -0.2) is 55.9 Å². The smallest absolute Gasteiger partial charge is 0.335 e. The van der Waals surface area contributed by atoms with Gasteiger partial charge in [0, 0.05) is 32.9 Å². The maximum Gasteiger partial charge on any atom is 0.335 e. The molecule has 0 aliphatic carbocycles. The third-order valence-corrected chi connectivity index (χ3v) is 4.00. The van der Waals surface area contributed by atoms with E-state index in [9.17, 15) is 9.90 Å². The molecule has 2 aromatic rings. The number of aromatic carboxylic acids is 1. The Bertz CT molecular complexity index is 683. The highest BCUT2D eigenvalue weighted by Gasteiger charge is 2.33. The number of aliphatic hydroxyl groups excluding tert-OH is 1. The van der Waals surface area contributed by atoms with Crippen molar-refractivity contribution >= 4 is 5.97 Å². The van der Waals surface area contributed by atoms with E-state index in [0.717, 1.165) is 5.69 Å². The van der Waals surface area contributed by atoms with Crippen molar-refractivity contribution in [3.63, 3.8) is 0 Å². The number of benzene rings is 1. The lowest BCUT2D eigenvalue weighted by atomic mass is 10.2. The Hall–Kier alpha value is -2.38. The molecule has 0 spiro atoms. The monoisotopic (exact) mass is 317 g/mol. The highest BCUT2D eigenvalue weighted by molar-refractivity contribution is 5.87. The van der Waals surface area contributed by atoms with Crippen molar-refractivity contribution in [1.29, 1.82) is 0 Å². The van der Waals surface area contributed by atoms with Crippen molar-refractivity contribution in [3.05, 3.63) is 48.0 Å². The number of hydrogen-bond donors (Lipinski definition) is 2. The first kappa shape index (κ1) is 15.5. The summed E-state index contributed by atoms with van der Waals surface area (Å²) in [6.45, 7) is 1.83. The summed E-state index contributed by atoms with van der Waals surface area (Å²) in [5.74, 6) is -0.416. The molecule has 7 nitrogen and oxygen atoms in total. The summed E-state index contributed by atoms with van der Waals surface area (Å²) in [7, 11) is 1.94. The van der Waals surface area contributed by atoms with Crippen LogP contribution in [0.2, 0.25) is 0 Å². The molecule has 7 heteroatoms. The van der Waals surface area contributed by atoms with E-state index in [4.69, 9.17) is 9.84 Å². The van der Waals surface area contributed by atoms with Crippen LogP contribution in [0.5, 0.6) is 5.75 Å². The van der Waals surface area contributed by atoms with Crippen molar-refractivity contribution in [3.8, 4) is 5.75 Å². The summed E-state index contributed by atoms with van der Waals surface area (Å²) in [6, 6.07) is 6.21. The topological polar surface area (TPSA) is 87.8 Å². The van der Waals surface area contributed by atoms with Gasteiger partial charge in [0.05, 0.1) is 17.6 Å². The molecule has 1 aromatic carbocycles. The van der Waals surface area contributed by atoms with Gasteiger partial charge in [-0.2, -0.15) is 0 Å². The van der Waals surface area contributed by atoms with E-state index in [0.29, 0.717) is 25.4 Å². The van der Waals surface area contributed by atoms with Crippen molar-refractivity contribution < 1.29 is 19.7 Å². The molecule has 2 N–H and O–H groups in total. The number of imidazole rings is 1. The maximum atomic E-state index is 10.8. The second kappa shape index (κ2) is 6.39.